The second kappa shape index (κ2) is 8.06. The molecule has 1 aromatic carbocycles. The van der Waals surface area contributed by atoms with Crippen molar-refractivity contribution in [2.45, 2.75) is 32.2 Å². The number of likely N-dealkylation sites (tertiary alicyclic amines) is 1. The van der Waals surface area contributed by atoms with Gasteiger partial charge in [0.25, 0.3) is 0 Å². The average molecular weight is 381 g/mol. The number of amides is 1. The smallest absolute Gasteiger partial charge is 0.234 e. The molecule has 6 nitrogen and oxygen atoms in total. The minimum Gasteiger partial charge on any atom is -0.351 e. The lowest BCUT2D eigenvalue weighted by atomic mass is 9.96. The highest BCUT2D eigenvalue weighted by molar-refractivity contribution is 5.78. The summed E-state index contributed by atoms with van der Waals surface area (Å²) in [5.41, 5.74) is 2.25. The molecule has 0 radical (unpaired) electrons. The zero-order chi connectivity index (χ0) is 19.5. The molecule has 1 fully saturated rings. The van der Waals surface area contributed by atoms with E-state index in [-0.39, 0.29) is 11.7 Å². The molecule has 1 N–H and O–H groups in total. The monoisotopic (exact) mass is 381 g/mol. The second-order valence-electron chi connectivity index (χ2n) is 7.40. The number of carbonyl (C=O) groups is 1. The van der Waals surface area contributed by atoms with Crippen LogP contribution in [0.5, 0.6) is 0 Å². The maximum atomic E-state index is 13.6. The Bertz CT molecular complexity index is 978. The minimum atomic E-state index is -0.241. The van der Waals surface area contributed by atoms with E-state index in [1.807, 2.05) is 34.9 Å². The summed E-state index contributed by atoms with van der Waals surface area (Å²) in [6.45, 7) is 4.13. The van der Waals surface area contributed by atoms with Gasteiger partial charge in [0.2, 0.25) is 5.91 Å². The van der Waals surface area contributed by atoms with Gasteiger partial charge in [-0.25, -0.2) is 4.39 Å². The zero-order valence-corrected chi connectivity index (χ0v) is 15.9. The number of piperidine rings is 1. The molecule has 1 aliphatic rings. The SMILES string of the molecule is Cc1ccc(CNC(=O)CN2CCC(c3nnc4ccccn34)CC2)cc1F. The van der Waals surface area contributed by atoms with Gasteiger partial charge in [-0.15, -0.1) is 10.2 Å². The van der Waals surface area contributed by atoms with Crippen molar-refractivity contribution in [1.82, 2.24) is 24.8 Å². The quantitative estimate of drug-likeness (QED) is 0.738. The van der Waals surface area contributed by atoms with Gasteiger partial charge in [-0.3, -0.25) is 14.1 Å². The van der Waals surface area contributed by atoms with Crippen molar-refractivity contribution in [3.05, 3.63) is 65.4 Å². The number of hydrogen-bond acceptors (Lipinski definition) is 4. The van der Waals surface area contributed by atoms with Crippen molar-refractivity contribution in [3.8, 4) is 0 Å². The summed E-state index contributed by atoms with van der Waals surface area (Å²) in [5, 5.41) is 11.5. The lowest BCUT2D eigenvalue weighted by Gasteiger charge is -2.30. The van der Waals surface area contributed by atoms with E-state index in [1.165, 1.54) is 6.07 Å². The Morgan fingerprint density at radius 2 is 2.04 bits per heavy atom. The summed E-state index contributed by atoms with van der Waals surface area (Å²) in [7, 11) is 0. The van der Waals surface area contributed by atoms with Crippen LogP contribution >= 0.6 is 0 Å². The fraction of sp³-hybridized carbons (Fsp3) is 0.381. The molecular weight excluding hydrogens is 357 g/mol. The largest absolute Gasteiger partial charge is 0.351 e. The van der Waals surface area contributed by atoms with Gasteiger partial charge in [0.15, 0.2) is 5.65 Å². The van der Waals surface area contributed by atoms with Crippen LogP contribution in [0.1, 0.15) is 35.7 Å². The molecule has 0 atom stereocenters. The number of nitrogens with one attached hydrogen (secondary N) is 1. The standard InChI is InChI=1S/C21H24FN5O/c1-15-5-6-16(12-18(15)22)13-23-20(28)14-26-10-7-17(8-11-26)21-25-24-19-4-2-3-9-27(19)21/h2-6,9,12,17H,7-8,10-11,13-14H2,1H3,(H,23,28). The molecule has 146 valence electrons. The van der Waals surface area contributed by atoms with Crippen molar-refractivity contribution < 1.29 is 9.18 Å². The van der Waals surface area contributed by atoms with E-state index < -0.39 is 0 Å². The van der Waals surface area contributed by atoms with Crippen LogP contribution in [0.2, 0.25) is 0 Å². The first kappa shape index (κ1) is 18.6. The van der Waals surface area contributed by atoms with Crippen LogP contribution in [0.15, 0.2) is 42.6 Å². The highest BCUT2D eigenvalue weighted by Crippen LogP contribution is 2.26. The number of carbonyl (C=O) groups excluding carboxylic acids is 1. The second-order valence-corrected chi connectivity index (χ2v) is 7.40. The number of aryl methyl sites for hydroxylation is 1. The Morgan fingerprint density at radius 1 is 1.21 bits per heavy atom. The fourth-order valence-corrected chi connectivity index (χ4v) is 3.69. The van der Waals surface area contributed by atoms with Crippen LogP contribution in [0.3, 0.4) is 0 Å². The lowest BCUT2D eigenvalue weighted by Crippen LogP contribution is -2.41. The third kappa shape index (κ3) is 4.04. The van der Waals surface area contributed by atoms with Crippen molar-refractivity contribution in [3.63, 3.8) is 0 Å². The van der Waals surface area contributed by atoms with Gasteiger partial charge in [-0.05, 0) is 62.2 Å². The normalized spacial score (nSPS) is 15.8. The Balaban J connectivity index is 1.27. The molecule has 1 saturated heterocycles. The third-order valence-electron chi connectivity index (χ3n) is 5.39. The summed E-state index contributed by atoms with van der Waals surface area (Å²) in [6, 6.07) is 10.9. The molecule has 0 aliphatic carbocycles. The van der Waals surface area contributed by atoms with E-state index in [9.17, 15) is 9.18 Å². The Kier molecular flexibility index (Phi) is 5.34. The first-order valence-corrected chi connectivity index (χ1v) is 9.64. The Labute approximate surface area is 163 Å². The van der Waals surface area contributed by atoms with E-state index in [0.29, 0.717) is 24.6 Å². The molecule has 1 aliphatic heterocycles. The predicted octanol–water partition coefficient (Wildman–Crippen LogP) is 2.67. The highest BCUT2D eigenvalue weighted by atomic mass is 19.1. The molecular formula is C21H24FN5O. The summed E-state index contributed by atoms with van der Waals surface area (Å²) in [6.07, 6.45) is 3.90. The van der Waals surface area contributed by atoms with E-state index in [2.05, 4.69) is 20.4 Å². The summed E-state index contributed by atoms with van der Waals surface area (Å²) >= 11 is 0. The molecule has 28 heavy (non-hydrogen) atoms. The molecule has 7 heteroatoms. The fourth-order valence-electron chi connectivity index (χ4n) is 3.69. The molecule has 4 rings (SSSR count). The first-order valence-electron chi connectivity index (χ1n) is 9.64. The molecule has 0 bridgehead atoms. The Hall–Kier alpha value is -2.80. The number of hydrogen-bond donors (Lipinski definition) is 1. The number of rotatable bonds is 5. The van der Waals surface area contributed by atoms with Crippen molar-refractivity contribution in [2.75, 3.05) is 19.6 Å². The minimum absolute atomic E-state index is 0.0349. The third-order valence-corrected chi connectivity index (χ3v) is 5.39. The van der Waals surface area contributed by atoms with E-state index >= 15 is 0 Å². The van der Waals surface area contributed by atoms with Gasteiger partial charge < -0.3 is 5.32 Å². The summed E-state index contributed by atoms with van der Waals surface area (Å²) < 4.78 is 15.6. The van der Waals surface area contributed by atoms with E-state index in [1.54, 1.807) is 13.0 Å². The van der Waals surface area contributed by atoms with Crippen LogP contribution in [-0.2, 0) is 11.3 Å². The van der Waals surface area contributed by atoms with Gasteiger partial charge in [0, 0.05) is 18.7 Å². The first-order chi connectivity index (χ1) is 13.6. The van der Waals surface area contributed by atoms with E-state index in [0.717, 1.165) is 43.0 Å². The van der Waals surface area contributed by atoms with Crippen molar-refractivity contribution in [1.29, 1.82) is 0 Å². The molecule has 0 saturated carbocycles. The number of fused-ring (bicyclic) bond motifs is 1. The summed E-state index contributed by atoms with van der Waals surface area (Å²) in [4.78, 5) is 14.4. The molecule has 0 spiro atoms. The molecule has 3 heterocycles. The van der Waals surface area contributed by atoms with Gasteiger partial charge >= 0.3 is 0 Å². The number of pyridine rings is 1. The van der Waals surface area contributed by atoms with Crippen LogP contribution in [-0.4, -0.2) is 45.0 Å². The Morgan fingerprint density at radius 3 is 2.82 bits per heavy atom. The molecule has 1 amide bonds. The molecule has 2 aromatic heterocycles. The maximum absolute atomic E-state index is 13.6. The number of halogens is 1. The van der Waals surface area contributed by atoms with Crippen LogP contribution in [0, 0.1) is 12.7 Å². The number of benzene rings is 1. The highest BCUT2D eigenvalue weighted by Gasteiger charge is 2.25. The number of aromatic nitrogens is 3. The topological polar surface area (TPSA) is 62.5 Å². The summed E-state index contributed by atoms with van der Waals surface area (Å²) in [5.74, 6) is 1.08. The van der Waals surface area contributed by atoms with Gasteiger partial charge in [0.1, 0.15) is 11.6 Å². The molecule has 0 unspecified atom stereocenters. The van der Waals surface area contributed by atoms with Crippen LogP contribution in [0.4, 0.5) is 4.39 Å². The predicted molar refractivity (Wildman–Crippen MR) is 104 cm³/mol. The number of nitrogens with zero attached hydrogens (tertiary/aromatic N) is 4. The van der Waals surface area contributed by atoms with Gasteiger partial charge in [-0.1, -0.05) is 18.2 Å². The average Bonchev–Trinajstić information content (AvgIpc) is 3.14. The lowest BCUT2D eigenvalue weighted by molar-refractivity contribution is -0.122. The van der Waals surface area contributed by atoms with Crippen molar-refractivity contribution >= 4 is 11.6 Å². The maximum Gasteiger partial charge on any atom is 0.234 e. The van der Waals surface area contributed by atoms with E-state index in [4.69, 9.17) is 0 Å². The van der Waals surface area contributed by atoms with Crippen LogP contribution < -0.4 is 5.32 Å². The van der Waals surface area contributed by atoms with Crippen molar-refractivity contribution in [2.24, 2.45) is 0 Å². The zero-order valence-electron chi connectivity index (χ0n) is 15.9. The van der Waals surface area contributed by atoms with Gasteiger partial charge in [-0.2, -0.15) is 0 Å². The molecule has 3 aromatic rings. The van der Waals surface area contributed by atoms with Gasteiger partial charge in [0.05, 0.1) is 6.54 Å². The van der Waals surface area contributed by atoms with Crippen LogP contribution in [0.25, 0.3) is 5.65 Å².